The minimum absolute atomic E-state index is 0.332. The molecule has 0 aliphatic rings. The van der Waals surface area contributed by atoms with Gasteiger partial charge >= 0.3 is 5.97 Å². The zero-order valence-corrected chi connectivity index (χ0v) is 7.36. The number of aromatic nitrogens is 2. The molecule has 0 saturated carbocycles. The summed E-state index contributed by atoms with van der Waals surface area (Å²) in [6, 6.07) is 2.40. The fourth-order valence-electron chi connectivity index (χ4n) is 1.31. The highest BCUT2D eigenvalue weighted by Gasteiger charge is 2.13. The van der Waals surface area contributed by atoms with Crippen LogP contribution in [0.3, 0.4) is 0 Å². The first kappa shape index (κ1) is 8.68. The van der Waals surface area contributed by atoms with Crippen molar-refractivity contribution in [1.82, 2.24) is 9.55 Å². The van der Waals surface area contributed by atoms with Crippen molar-refractivity contribution in [3.05, 3.63) is 29.8 Å². The van der Waals surface area contributed by atoms with E-state index in [0.29, 0.717) is 11.0 Å². The quantitative estimate of drug-likeness (QED) is 0.746. The number of nitrogens with zero attached hydrogens (tertiary/aromatic N) is 2. The number of carbonyl (C=O) groups is 1. The smallest absolute Gasteiger partial charge is 0.338 e. The van der Waals surface area contributed by atoms with Crippen molar-refractivity contribution < 1.29 is 14.3 Å². The van der Waals surface area contributed by atoms with Gasteiger partial charge in [0.05, 0.1) is 22.9 Å². The molecule has 14 heavy (non-hydrogen) atoms. The number of halogens is 1. The number of hydrogen-bond acceptors (Lipinski definition) is 2. The van der Waals surface area contributed by atoms with Crippen LogP contribution >= 0.6 is 0 Å². The van der Waals surface area contributed by atoms with Crippen LogP contribution in [0, 0.1) is 5.82 Å². The van der Waals surface area contributed by atoms with Gasteiger partial charge in [-0.25, -0.2) is 14.2 Å². The molecular weight excluding hydrogens is 187 g/mol. The van der Waals surface area contributed by atoms with E-state index < -0.39 is 11.8 Å². The molecule has 5 heteroatoms. The number of rotatable bonds is 1. The first-order chi connectivity index (χ1) is 6.59. The Bertz CT molecular complexity index is 519. The van der Waals surface area contributed by atoms with Gasteiger partial charge in [0.2, 0.25) is 0 Å². The molecule has 1 aromatic heterocycles. The van der Waals surface area contributed by atoms with Gasteiger partial charge in [0, 0.05) is 13.1 Å². The predicted octanol–water partition coefficient (Wildman–Crippen LogP) is 1.41. The van der Waals surface area contributed by atoms with Crippen molar-refractivity contribution in [2.75, 3.05) is 0 Å². The first-order valence-electron chi connectivity index (χ1n) is 3.93. The molecule has 2 aromatic rings. The van der Waals surface area contributed by atoms with Gasteiger partial charge in [-0.3, -0.25) is 0 Å². The van der Waals surface area contributed by atoms with E-state index in [4.69, 9.17) is 5.11 Å². The molecule has 0 amide bonds. The second-order valence-electron chi connectivity index (χ2n) is 2.98. The summed E-state index contributed by atoms with van der Waals surface area (Å²) in [6.45, 7) is 0. The van der Waals surface area contributed by atoms with Gasteiger partial charge < -0.3 is 9.67 Å². The molecule has 0 saturated heterocycles. The molecule has 1 heterocycles. The number of hydrogen-bond donors (Lipinski definition) is 1. The normalized spacial score (nSPS) is 10.7. The summed E-state index contributed by atoms with van der Waals surface area (Å²) in [7, 11) is 1.72. The molecule has 72 valence electrons. The number of fused-ring (bicyclic) bond motifs is 1. The Labute approximate surface area is 78.6 Å². The topological polar surface area (TPSA) is 55.1 Å². The van der Waals surface area contributed by atoms with E-state index in [1.807, 2.05) is 0 Å². The van der Waals surface area contributed by atoms with Crippen molar-refractivity contribution in [3.63, 3.8) is 0 Å². The zero-order valence-electron chi connectivity index (χ0n) is 7.36. The van der Waals surface area contributed by atoms with Gasteiger partial charge in [0.1, 0.15) is 5.82 Å². The van der Waals surface area contributed by atoms with Gasteiger partial charge in [-0.15, -0.1) is 0 Å². The van der Waals surface area contributed by atoms with E-state index in [2.05, 4.69) is 4.98 Å². The van der Waals surface area contributed by atoms with Crippen LogP contribution in [0.15, 0.2) is 18.5 Å². The molecule has 2 rings (SSSR count). The van der Waals surface area contributed by atoms with Crippen LogP contribution in [-0.2, 0) is 7.05 Å². The van der Waals surface area contributed by atoms with Crippen molar-refractivity contribution in [2.45, 2.75) is 0 Å². The van der Waals surface area contributed by atoms with E-state index in [-0.39, 0.29) is 5.56 Å². The lowest BCUT2D eigenvalue weighted by molar-refractivity contribution is 0.0692. The number of aryl methyl sites for hydroxylation is 1. The highest BCUT2D eigenvalue weighted by Crippen LogP contribution is 2.17. The summed E-state index contributed by atoms with van der Waals surface area (Å²) in [5, 5.41) is 8.68. The van der Waals surface area contributed by atoms with Crippen molar-refractivity contribution >= 4 is 17.0 Å². The summed E-state index contributed by atoms with van der Waals surface area (Å²) < 4.78 is 14.8. The van der Waals surface area contributed by atoms with Crippen LogP contribution in [0.1, 0.15) is 10.4 Å². The Balaban J connectivity index is 2.80. The molecule has 1 aromatic carbocycles. The van der Waals surface area contributed by atoms with Crippen molar-refractivity contribution in [2.24, 2.45) is 7.05 Å². The lowest BCUT2D eigenvalue weighted by Gasteiger charge is -1.98. The fraction of sp³-hybridized carbons (Fsp3) is 0.111. The number of aromatic carboxylic acids is 1. The summed E-state index contributed by atoms with van der Waals surface area (Å²) in [5.41, 5.74) is 0.722. The van der Waals surface area contributed by atoms with Gasteiger partial charge in [0.25, 0.3) is 0 Å². The van der Waals surface area contributed by atoms with E-state index in [0.717, 1.165) is 6.07 Å². The second-order valence-corrected chi connectivity index (χ2v) is 2.98. The molecule has 0 radical (unpaired) electrons. The maximum absolute atomic E-state index is 13.1. The summed E-state index contributed by atoms with van der Waals surface area (Å²) in [6.07, 6.45) is 1.51. The monoisotopic (exact) mass is 194 g/mol. The average Bonchev–Trinajstić information content (AvgIpc) is 2.46. The maximum atomic E-state index is 13.1. The molecule has 0 spiro atoms. The molecule has 1 N–H and O–H groups in total. The fourth-order valence-corrected chi connectivity index (χ4v) is 1.31. The Kier molecular flexibility index (Phi) is 1.73. The second kappa shape index (κ2) is 2.80. The van der Waals surface area contributed by atoms with Gasteiger partial charge in [-0.2, -0.15) is 0 Å². The number of carboxylic acids is 1. The molecule has 0 aliphatic heterocycles. The lowest BCUT2D eigenvalue weighted by atomic mass is 10.2. The summed E-state index contributed by atoms with van der Waals surface area (Å²) >= 11 is 0. The first-order valence-corrected chi connectivity index (χ1v) is 3.93. The Morgan fingerprint density at radius 3 is 2.93 bits per heavy atom. The third-order valence-corrected chi connectivity index (χ3v) is 2.04. The highest BCUT2D eigenvalue weighted by molar-refractivity contribution is 5.92. The predicted molar refractivity (Wildman–Crippen MR) is 47.6 cm³/mol. The van der Waals surface area contributed by atoms with Gasteiger partial charge in [-0.05, 0) is 6.07 Å². The maximum Gasteiger partial charge on any atom is 0.338 e. The van der Waals surface area contributed by atoms with Crippen molar-refractivity contribution in [3.8, 4) is 0 Å². The summed E-state index contributed by atoms with van der Waals surface area (Å²) in [5.74, 6) is -2.03. The summed E-state index contributed by atoms with van der Waals surface area (Å²) in [4.78, 5) is 14.5. The molecule has 4 nitrogen and oxygen atoms in total. The average molecular weight is 194 g/mol. The van der Waals surface area contributed by atoms with E-state index in [1.165, 1.54) is 12.4 Å². The highest BCUT2D eigenvalue weighted by atomic mass is 19.1. The Morgan fingerprint density at radius 1 is 1.57 bits per heavy atom. The van der Waals surface area contributed by atoms with Gasteiger partial charge in [-0.1, -0.05) is 0 Å². The van der Waals surface area contributed by atoms with Crippen molar-refractivity contribution in [1.29, 1.82) is 0 Å². The van der Waals surface area contributed by atoms with Crippen LogP contribution in [0.5, 0.6) is 0 Å². The van der Waals surface area contributed by atoms with Crippen LogP contribution in [0.4, 0.5) is 4.39 Å². The Morgan fingerprint density at radius 2 is 2.29 bits per heavy atom. The number of benzene rings is 1. The van der Waals surface area contributed by atoms with Crippen LogP contribution < -0.4 is 0 Å². The van der Waals surface area contributed by atoms with Crippen LogP contribution in [0.25, 0.3) is 11.0 Å². The van der Waals surface area contributed by atoms with Crippen LogP contribution in [0.2, 0.25) is 0 Å². The third kappa shape index (κ3) is 1.14. The van der Waals surface area contributed by atoms with Gasteiger partial charge in [0.15, 0.2) is 0 Å². The van der Waals surface area contributed by atoms with E-state index in [9.17, 15) is 9.18 Å². The number of imidazole rings is 1. The molecule has 0 aliphatic carbocycles. The zero-order chi connectivity index (χ0) is 10.3. The van der Waals surface area contributed by atoms with Crippen LogP contribution in [-0.4, -0.2) is 20.6 Å². The molecule has 0 unspecified atom stereocenters. The molecule has 0 bridgehead atoms. The lowest BCUT2D eigenvalue weighted by Crippen LogP contribution is -2.00. The largest absolute Gasteiger partial charge is 0.478 e. The Hall–Kier alpha value is -1.91. The minimum Gasteiger partial charge on any atom is -0.478 e. The standard InChI is InChI=1S/C9H7FN2O2/c1-12-4-11-7-3-6(10)5(9(13)14)2-8(7)12/h2-4H,1H3,(H,13,14). The third-order valence-electron chi connectivity index (χ3n) is 2.04. The van der Waals surface area contributed by atoms with E-state index >= 15 is 0 Å². The minimum atomic E-state index is -1.27. The van der Waals surface area contributed by atoms with E-state index in [1.54, 1.807) is 11.6 Å². The molecular formula is C9H7FN2O2. The number of carboxylic acid groups (broad SMARTS) is 1. The molecule has 0 atom stereocenters. The molecule has 0 fully saturated rings. The SMILES string of the molecule is Cn1cnc2cc(F)c(C(=O)O)cc21.